The van der Waals surface area contributed by atoms with Crippen molar-refractivity contribution in [1.82, 2.24) is 25.3 Å². The molecule has 4 rings (SSSR count). The number of oxime groups is 2. The van der Waals surface area contributed by atoms with Crippen molar-refractivity contribution in [1.29, 1.82) is 5.26 Å². The van der Waals surface area contributed by atoms with Crippen LogP contribution in [0.5, 0.6) is 0 Å². The molecule has 0 radical (unpaired) electrons. The number of H-pyrrole nitrogens is 2. The Hall–Kier alpha value is -5.24. The summed E-state index contributed by atoms with van der Waals surface area (Å²) in [4.78, 5) is 35.1. The van der Waals surface area contributed by atoms with Crippen molar-refractivity contribution in [2.24, 2.45) is 10.3 Å². The van der Waals surface area contributed by atoms with Crippen molar-refractivity contribution in [3.8, 4) is 28.4 Å². The number of carbonyl (C=O) groups is 1. The summed E-state index contributed by atoms with van der Waals surface area (Å²) in [7, 11) is 2.86. The normalized spacial score (nSPS) is 11.1. The fourth-order valence-corrected chi connectivity index (χ4v) is 3.16. The molecule has 0 aliphatic carbocycles. The molecule has 3 N–H and O–H groups in total. The monoisotopic (exact) mass is 484 g/mol. The standard InChI is InChI=1S/C13H11N5O2.C12H13N3O/c1-20-18-12(13(19)17-8-14)11-6-10(7-16-11)9-2-4-15-5-3-9;1-9(15-16-2)12-7-11(8-14-12)10-3-5-13-6-4-10/h2-7,16H,1H3,(H,17,19);3-8,14H,1-2H3. The van der Waals surface area contributed by atoms with Crippen molar-refractivity contribution in [3.63, 3.8) is 0 Å². The van der Waals surface area contributed by atoms with Gasteiger partial charge in [-0.1, -0.05) is 10.3 Å². The molecule has 182 valence electrons. The van der Waals surface area contributed by atoms with Crippen LogP contribution in [0.2, 0.25) is 0 Å². The lowest BCUT2D eigenvalue weighted by Crippen LogP contribution is -2.28. The van der Waals surface area contributed by atoms with Crippen LogP contribution >= 0.6 is 0 Å². The molecule has 0 spiro atoms. The highest BCUT2D eigenvalue weighted by Crippen LogP contribution is 2.20. The second kappa shape index (κ2) is 12.9. The van der Waals surface area contributed by atoms with Crippen molar-refractivity contribution >= 4 is 17.3 Å². The second-order valence-electron chi connectivity index (χ2n) is 7.12. The first-order valence-corrected chi connectivity index (χ1v) is 10.6. The quantitative estimate of drug-likeness (QED) is 0.158. The van der Waals surface area contributed by atoms with Gasteiger partial charge in [-0.2, -0.15) is 5.26 Å². The molecular formula is C25H24N8O3. The van der Waals surface area contributed by atoms with Crippen LogP contribution in [-0.2, 0) is 14.5 Å². The van der Waals surface area contributed by atoms with Gasteiger partial charge < -0.3 is 19.6 Å². The number of hydrogen-bond donors (Lipinski definition) is 3. The number of nitrogens with one attached hydrogen (secondary N) is 3. The summed E-state index contributed by atoms with van der Waals surface area (Å²) in [6.45, 7) is 1.89. The topological polar surface area (TPSA) is 153 Å². The first kappa shape index (κ1) is 25.4. The lowest BCUT2D eigenvalue weighted by atomic mass is 10.1. The number of nitrogens with zero attached hydrogens (tertiary/aromatic N) is 5. The van der Waals surface area contributed by atoms with Crippen LogP contribution in [0.4, 0.5) is 0 Å². The van der Waals surface area contributed by atoms with Gasteiger partial charge in [-0.25, -0.2) is 0 Å². The minimum Gasteiger partial charge on any atom is -0.399 e. The van der Waals surface area contributed by atoms with Gasteiger partial charge >= 0.3 is 0 Å². The first-order valence-electron chi connectivity index (χ1n) is 10.6. The highest BCUT2D eigenvalue weighted by molar-refractivity contribution is 6.45. The molecule has 11 nitrogen and oxygen atoms in total. The molecule has 0 aromatic carbocycles. The predicted octanol–water partition coefficient (Wildman–Crippen LogP) is 3.47. The van der Waals surface area contributed by atoms with E-state index < -0.39 is 5.91 Å². The highest BCUT2D eigenvalue weighted by Gasteiger charge is 2.17. The Morgan fingerprint density at radius 3 is 1.86 bits per heavy atom. The predicted molar refractivity (Wildman–Crippen MR) is 135 cm³/mol. The molecule has 0 atom stereocenters. The average molecular weight is 485 g/mol. The van der Waals surface area contributed by atoms with Gasteiger partial charge in [-0.15, -0.1) is 0 Å². The molecule has 0 saturated heterocycles. The van der Waals surface area contributed by atoms with E-state index in [-0.39, 0.29) is 5.71 Å². The third kappa shape index (κ3) is 6.64. The number of carbonyl (C=O) groups excluding carboxylic acids is 1. The van der Waals surface area contributed by atoms with Gasteiger partial charge in [-0.05, 0) is 65.6 Å². The molecule has 1 amide bonds. The van der Waals surface area contributed by atoms with Gasteiger partial charge in [0, 0.05) is 37.2 Å². The maximum Gasteiger partial charge on any atom is 0.288 e. The lowest BCUT2D eigenvalue weighted by molar-refractivity contribution is -0.113. The number of aromatic nitrogens is 4. The Balaban J connectivity index is 0.000000205. The van der Waals surface area contributed by atoms with Crippen LogP contribution < -0.4 is 5.32 Å². The number of aromatic amines is 2. The first-order chi connectivity index (χ1) is 17.6. The molecule has 0 aliphatic rings. The van der Waals surface area contributed by atoms with Crippen LogP contribution in [0, 0.1) is 11.5 Å². The molecule has 11 heteroatoms. The third-order valence-electron chi connectivity index (χ3n) is 4.83. The van der Waals surface area contributed by atoms with Crippen molar-refractivity contribution in [3.05, 3.63) is 85.0 Å². The summed E-state index contributed by atoms with van der Waals surface area (Å²) < 4.78 is 0. The maximum absolute atomic E-state index is 11.7. The Labute approximate surface area is 207 Å². The fraction of sp³-hybridized carbons (Fsp3) is 0.120. The minimum absolute atomic E-state index is 0.00523. The summed E-state index contributed by atoms with van der Waals surface area (Å²) >= 11 is 0. The SMILES string of the molecule is CON=C(C(=O)NC#N)c1cc(-c2ccncc2)c[nH]1.CON=C(C)c1cc(-c2ccncc2)c[nH]1. The number of amides is 1. The maximum atomic E-state index is 11.7. The van der Waals surface area contributed by atoms with Gasteiger partial charge in [-0.3, -0.25) is 20.1 Å². The number of hydrogen-bond acceptors (Lipinski definition) is 8. The Bertz CT molecular complexity index is 1370. The fourth-order valence-electron chi connectivity index (χ4n) is 3.16. The van der Waals surface area contributed by atoms with Gasteiger partial charge in [0.05, 0.1) is 11.4 Å². The zero-order chi connectivity index (χ0) is 25.8. The van der Waals surface area contributed by atoms with Crippen LogP contribution in [0.15, 0.2) is 83.9 Å². The lowest BCUT2D eigenvalue weighted by Gasteiger charge is -2.00. The van der Waals surface area contributed by atoms with E-state index in [0.717, 1.165) is 33.7 Å². The zero-order valence-corrected chi connectivity index (χ0v) is 19.9. The number of pyridine rings is 2. The van der Waals surface area contributed by atoms with Crippen LogP contribution in [-0.4, -0.2) is 51.5 Å². The molecule has 36 heavy (non-hydrogen) atoms. The molecule has 4 aromatic heterocycles. The van der Waals surface area contributed by atoms with Crippen LogP contribution in [0.25, 0.3) is 22.3 Å². The molecule has 4 heterocycles. The van der Waals surface area contributed by atoms with E-state index in [0.29, 0.717) is 5.69 Å². The van der Waals surface area contributed by atoms with Crippen molar-refractivity contribution in [2.45, 2.75) is 6.92 Å². The minimum atomic E-state index is -0.641. The molecule has 0 fully saturated rings. The Morgan fingerprint density at radius 1 is 0.861 bits per heavy atom. The van der Waals surface area contributed by atoms with Crippen LogP contribution in [0.1, 0.15) is 18.3 Å². The van der Waals surface area contributed by atoms with E-state index in [2.05, 4.69) is 35.1 Å². The highest BCUT2D eigenvalue weighted by atomic mass is 16.6. The van der Waals surface area contributed by atoms with E-state index >= 15 is 0 Å². The molecule has 0 bridgehead atoms. The zero-order valence-electron chi connectivity index (χ0n) is 19.9. The Morgan fingerprint density at radius 2 is 1.36 bits per heavy atom. The molecular weight excluding hydrogens is 460 g/mol. The number of rotatable bonds is 7. The third-order valence-corrected chi connectivity index (χ3v) is 4.83. The van der Waals surface area contributed by atoms with E-state index in [9.17, 15) is 4.79 Å². The van der Waals surface area contributed by atoms with Gasteiger partial charge in [0.2, 0.25) is 0 Å². The molecule has 0 saturated carbocycles. The largest absolute Gasteiger partial charge is 0.399 e. The number of nitriles is 1. The smallest absolute Gasteiger partial charge is 0.288 e. The summed E-state index contributed by atoms with van der Waals surface area (Å²) in [5.74, 6) is -0.641. The molecule has 4 aromatic rings. The van der Waals surface area contributed by atoms with E-state index in [1.165, 1.54) is 14.2 Å². The summed E-state index contributed by atoms with van der Waals surface area (Å²) in [5, 5.41) is 18.0. The summed E-state index contributed by atoms with van der Waals surface area (Å²) in [5.41, 5.74) is 6.28. The molecule has 0 unspecified atom stereocenters. The second-order valence-corrected chi connectivity index (χ2v) is 7.12. The van der Waals surface area contributed by atoms with Gasteiger partial charge in [0.1, 0.15) is 19.9 Å². The Kier molecular flexibility index (Phi) is 9.06. The molecule has 0 aliphatic heterocycles. The summed E-state index contributed by atoms with van der Waals surface area (Å²) in [6, 6.07) is 11.4. The van der Waals surface area contributed by atoms with E-state index in [1.807, 2.05) is 48.8 Å². The average Bonchev–Trinajstić information content (AvgIpc) is 3.60. The van der Waals surface area contributed by atoms with E-state index in [1.54, 1.807) is 43.2 Å². The van der Waals surface area contributed by atoms with Crippen molar-refractivity contribution in [2.75, 3.05) is 14.2 Å². The van der Waals surface area contributed by atoms with E-state index in [4.69, 9.17) is 10.1 Å². The van der Waals surface area contributed by atoms with Gasteiger partial charge in [0.25, 0.3) is 5.91 Å². The van der Waals surface area contributed by atoms with Crippen LogP contribution in [0.3, 0.4) is 0 Å². The van der Waals surface area contributed by atoms with Crippen molar-refractivity contribution < 1.29 is 14.5 Å². The summed E-state index contributed by atoms with van der Waals surface area (Å²) in [6.07, 6.45) is 12.1. The van der Waals surface area contributed by atoms with Gasteiger partial charge in [0.15, 0.2) is 11.9 Å².